The summed E-state index contributed by atoms with van der Waals surface area (Å²) in [6.45, 7) is 4.72. The van der Waals surface area contributed by atoms with Crippen LogP contribution in [0.5, 0.6) is 5.75 Å². The number of aromatic nitrogens is 2. The van der Waals surface area contributed by atoms with Gasteiger partial charge in [-0.05, 0) is 49.7 Å². The van der Waals surface area contributed by atoms with E-state index in [1.54, 1.807) is 7.11 Å². The molecule has 1 fully saturated rings. The first-order valence-electron chi connectivity index (χ1n) is 9.42. The van der Waals surface area contributed by atoms with Gasteiger partial charge in [-0.3, -0.25) is 0 Å². The summed E-state index contributed by atoms with van der Waals surface area (Å²) >= 11 is 5.41. The number of methoxy groups -OCH3 is 1. The molecule has 0 saturated carbocycles. The minimum atomic E-state index is 0.512. The van der Waals surface area contributed by atoms with Gasteiger partial charge in [0, 0.05) is 31.4 Å². The van der Waals surface area contributed by atoms with Crippen molar-refractivity contribution in [2.75, 3.05) is 30.4 Å². The topological polar surface area (TPSA) is 62.3 Å². The lowest BCUT2D eigenvalue weighted by Gasteiger charge is -2.22. The van der Waals surface area contributed by atoms with Crippen molar-refractivity contribution in [3.05, 3.63) is 41.6 Å². The summed E-state index contributed by atoms with van der Waals surface area (Å²) in [5.74, 6) is 2.36. The number of ether oxygens (including phenoxy) is 1. The second-order valence-electron chi connectivity index (χ2n) is 6.75. The lowest BCUT2D eigenvalue weighted by molar-refractivity contribution is 0.414. The summed E-state index contributed by atoms with van der Waals surface area (Å²) in [5, 5.41) is 6.83. The molecule has 1 aliphatic rings. The lowest BCUT2D eigenvalue weighted by atomic mass is 10.2. The van der Waals surface area contributed by atoms with Gasteiger partial charge in [-0.2, -0.15) is 4.98 Å². The molecule has 2 heterocycles. The maximum atomic E-state index is 5.41. The number of nitrogens with one attached hydrogen (secondary N) is 2. The Balaban J connectivity index is 1.59. The highest BCUT2D eigenvalue weighted by atomic mass is 32.1. The molecular formula is C20H27N5OS. The Morgan fingerprint density at radius 2 is 1.81 bits per heavy atom. The first-order chi connectivity index (χ1) is 13.1. The van der Waals surface area contributed by atoms with E-state index in [0.717, 1.165) is 35.9 Å². The summed E-state index contributed by atoms with van der Waals surface area (Å²) in [6.07, 6.45) is 5.03. The van der Waals surface area contributed by atoms with E-state index < -0.39 is 0 Å². The fraction of sp³-hybridized carbons (Fsp3) is 0.450. The molecule has 0 radical (unpaired) electrons. The molecular weight excluding hydrogens is 358 g/mol. The van der Waals surface area contributed by atoms with Gasteiger partial charge >= 0.3 is 0 Å². The maximum Gasteiger partial charge on any atom is 0.231 e. The summed E-state index contributed by atoms with van der Waals surface area (Å²) in [4.78, 5) is 11.5. The van der Waals surface area contributed by atoms with E-state index in [4.69, 9.17) is 17.0 Å². The number of thiocarbonyl (C=S) groups is 1. The van der Waals surface area contributed by atoms with Crippen LogP contribution >= 0.6 is 12.2 Å². The minimum absolute atomic E-state index is 0.512. The summed E-state index contributed by atoms with van der Waals surface area (Å²) < 4.78 is 5.17. The van der Waals surface area contributed by atoms with Crippen molar-refractivity contribution < 1.29 is 4.74 Å². The van der Waals surface area contributed by atoms with Gasteiger partial charge in [-0.15, -0.1) is 0 Å². The average Bonchev–Trinajstić information content (AvgIpc) is 2.96. The molecule has 2 N–H and O–H groups in total. The molecule has 6 nitrogen and oxygen atoms in total. The van der Waals surface area contributed by atoms with Crippen LogP contribution in [0.3, 0.4) is 0 Å². The predicted molar refractivity (Wildman–Crippen MR) is 114 cm³/mol. The van der Waals surface area contributed by atoms with E-state index in [9.17, 15) is 0 Å². The average molecular weight is 386 g/mol. The molecule has 144 valence electrons. The second kappa shape index (κ2) is 9.50. The van der Waals surface area contributed by atoms with E-state index in [1.807, 2.05) is 37.3 Å². The van der Waals surface area contributed by atoms with Crippen LogP contribution in [0.4, 0.5) is 11.8 Å². The molecule has 3 rings (SSSR count). The van der Waals surface area contributed by atoms with Crippen molar-refractivity contribution in [2.45, 2.75) is 39.2 Å². The Morgan fingerprint density at radius 1 is 1.11 bits per heavy atom. The van der Waals surface area contributed by atoms with Crippen LogP contribution in [-0.2, 0) is 6.54 Å². The fourth-order valence-electron chi connectivity index (χ4n) is 3.14. The van der Waals surface area contributed by atoms with Crippen molar-refractivity contribution in [3.8, 4) is 5.75 Å². The number of benzene rings is 1. The molecule has 0 unspecified atom stereocenters. The van der Waals surface area contributed by atoms with Gasteiger partial charge in [0.15, 0.2) is 5.11 Å². The largest absolute Gasteiger partial charge is 0.497 e. The van der Waals surface area contributed by atoms with E-state index in [0.29, 0.717) is 17.6 Å². The number of aryl methyl sites for hydroxylation is 1. The number of rotatable bonds is 5. The van der Waals surface area contributed by atoms with Crippen LogP contribution in [0.2, 0.25) is 0 Å². The van der Waals surface area contributed by atoms with Crippen LogP contribution < -0.4 is 20.3 Å². The van der Waals surface area contributed by atoms with Gasteiger partial charge in [0.1, 0.15) is 11.6 Å². The smallest absolute Gasteiger partial charge is 0.231 e. The normalized spacial score (nSPS) is 14.4. The summed E-state index contributed by atoms with van der Waals surface area (Å²) in [7, 11) is 1.66. The quantitative estimate of drug-likeness (QED) is 0.762. The Kier molecular flexibility index (Phi) is 6.81. The van der Waals surface area contributed by atoms with E-state index in [2.05, 4.69) is 25.5 Å². The molecule has 2 aromatic rings. The Hall–Kier alpha value is -2.41. The number of anilines is 2. The van der Waals surface area contributed by atoms with Gasteiger partial charge in [0.2, 0.25) is 5.95 Å². The third kappa shape index (κ3) is 5.79. The molecule has 0 atom stereocenters. The summed E-state index contributed by atoms with van der Waals surface area (Å²) in [5.41, 5.74) is 2.06. The molecule has 1 saturated heterocycles. The lowest BCUT2D eigenvalue weighted by Crippen LogP contribution is -2.30. The van der Waals surface area contributed by atoms with Crippen LogP contribution in [0.15, 0.2) is 30.3 Å². The number of hydrogen-bond acceptors (Lipinski definition) is 5. The Labute approximate surface area is 166 Å². The second-order valence-corrected chi connectivity index (χ2v) is 7.16. The van der Waals surface area contributed by atoms with Gasteiger partial charge in [-0.1, -0.05) is 25.0 Å². The molecule has 0 bridgehead atoms. The number of hydrogen-bond donors (Lipinski definition) is 2. The SMILES string of the molecule is COc1ccc(CNC(=S)Nc2nc(C)cc(N3CCCCCC3)n2)cc1. The molecule has 0 aliphatic carbocycles. The monoisotopic (exact) mass is 385 g/mol. The minimum Gasteiger partial charge on any atom is -0.497 e. The van der Waals surface area contributed by atoms with E-state index in [-0.39, 0.29) is 0 Å². The van der Waals surface area contributed by atoms with Gasteiger partial charge in [0.05, 0.1) is 7.11 Å². The van der Waals surface area contributed by atoms with Crippen LogP contribution in [0, 0.1) is 6.92 Å². The molecule has 0 amide bonds. The van der Waals surface area contributed by atoms with Crippen LogP contribution in [0.25, 0.3) is 0 Å². The van der Waals surface area contributed by atoms with Gasteiger partial charge in [-0.25, -0.2) is 4.98 Å². The zero-order valence-corrected chi connectivity index (χ0v) is 16.8. The first-order valence-corrected chi connectivity index (χ1v) is 9.83. The van der Waals surface area contributed by atoms with E-state index >= 15 is 0 Å². The highest BCUT2D eigenvalue weighted by Crippen LogP contribution is 2.19. The zero-order valence-electron chi connectivity index (χ0n) is 16.0. The number of nitrogens with zero attached hydrogens (tertiary/aromatic N) is 3. The maximum absolute atomic E-state index is 5.41. The molecule has 1 aliphatic heterocycles. The van der Waals surface area contributed by atoms with Crippen molar-refractivity contribution in [1.82, 2.24) is 15.3 Å². The molecule has 7 heteroatoms. The molecule has 1 aromatic carbocycles. The third-order valence-corrected chi connectivity index (χ3v) is 4.85. The Bertz CT molecular complexity index is 757. The standard InChI is InChI=1S/C20H27N5OS/c1-15-13-18(25-11-5-3-4-6-12-25)23-19(22-15)24-20(27)21-14-16-7-9-17(26-2)10-8-16/h7-10,13H,3-6,11-12,14H2,1-2H3,(H2,21,22,23,24,27). The Morgan fingerprint density at radius 3 is 2.48 bits per heavy atom. The summed E-state index contributed by atoms with van der Waals surface area (Å²) in [6, 6.07) is 9.93. The first kappa shape index (κ1) is 19.4. The van der Waals surface area contributed by atoms with Crippen molar-refractivity contribution in [1.29, 1.82) is 0 Å². The van der Waals surface area contributed by atoms with Crippen molar-refractivity contribution in [2.24, 2.45) is 0 Å². The van der Waals surface area contributed by atoms with Gasteiger partial charge < -0.3 is 20.3 Å². The van der Waals surface area contributed by atoms with Crippen LogP contribution in [0.1, 0.15) is 36.9 Å². The van der Waals surface area contributed by atoms with Crippen LogP contribution in [-0.4, -0.2) is 35.3 Å². The molecule has 1 aromatic heterocycles. The highest BCUT2D eigenvalue weighted by molar-refractivity contribution is 7.80. The van der Waals surface area contributed by atoms with E-state index in [1.165, 1.54) is 25.7 Å². The third-order valence-electron chi connectivity index (χ3n) is 4.61. The fourth-order valence-corrected chi connectivity index (χ4v) is 3.30. The highest BCUT2D eigenvalue weighted by Gasteiger charge is 2.13. The van der Waals surface area contributed by atoms with Gasteiger partial charge in [0.25, 0.3) is 0 Å². The predicted octanol–water partition coefficient (Wildman–Crippen LogP) is 3.66. The molecule has 0 spiro atoms. The zero-order chi connectivity index (χ0) is 19.1. The van der Waals surface area contributed by atoms with Crippen molar-refractivity contribution in [3.63, 3.8) is 0 Å². The van der Waals surface area contributed by atoms with Crippen molar-refractivity contribution >= 4 is 29.1 Å². The molecule has 27 heavy (non-hydrogen) atoms.